The number of benzene rings is 2. The molecule has 1 spiro atoms. The van der Waals surface area contributed by atoms with E-state index in [1.165, 1.54) is 22.3 Å². The van der Waals surface area contributed by atoms with Crippen molar-refractivity contribution in [1.29, 1.82) is 5.26 Å². The van der Waals surface area contributed by atoms with E-state index in [1.54, 1.807) is 6.08 Å². The van der Waals surface area contributed by atoms with E-state index in [0.717, 1.165) is 50.5 Å². The molecule has 0 amide bonds. The minimum Gasteiger partial charge on any atom is -0.392 e. The number of nitrogens with zero attached hydrogens (tertiary/aromatic N) is 1. The maximum atomic E-state index is 12.6. The number of rotatable bonds is 3. The van der Waals surface area contributed by atoms with Gasteiger partial charge in [-0.1, -0.05) is 48.1 Å². The van der Waals surface area contributed by atoms with Crippen LogP contribution in [0.4, 0.5) is 0 Å². The number of allylic oxidation sites excluding steroid dienone is 1. The normalized spacial score (nSPS) is 37.0. The van der Waals surface area contributed by atoms with Crippen LogP contribution < -0.4 is 0 Å². The summed E-state index contributed by atoms with van der Waals surface area (Å²) in [7, 11) is 0. The molecule has 0 heterocycles. The molecule has 0 saturated heterocycles. The number of ketones is 1. The summed E-state index contributed by atoms with van der Waals surface area (Å²) in [6.07, 6.45) is 13.1. The van der Waals surface area contributed by atoms with E-state index in [-0.39, 0.29) is 23.7 Å². The van der Waals surface area contributed by atoms with Crippen LogP contribution in [0.2, 0.25) is 0 Å². The second kappa shape index (κ2) is 8.76. The van der Waals surface area contributed by atoms with E-state index in [2.05, 4.69) is 24.3 Å². The van der Waals surface area contributed by atoms with Gasteiger partial charge < -0.3 is 10.2 Å². The smallest absolute Gasteiger partial charge is 0.155 e. The zero-order valence-corrected chi connectivity index (χ0v) is 21.8. The molecule has 2 aromatic carbocycles. The largest absolute Gasteiger partial charge is 0.392 e. The summed E-state index contributed by atoms with van der Waals surface area (Å²) in [6, 6.07) is 17.0. The van der Waals surface area contributed by atoms with Crippen LogP contribution in [0.15, 0.2) is 66.3 Å². The number of aliphatic hydroxyl groups is 2. The Morgan fingerprint density at radius 2 is 1.84 bits per heavy atom. The Hall–Kier alpha value is -3.00. The molecule has 2 N–H and O–H groups in total. The number of hydrogen-bond donors (Lipinski definition) is 2. The highest BCUT2D eigenvalue weighted by Crippen LogP contribution is 2.70. The molecule has 0 aliphatic heterocycles. The van der Waals surface area contributed by atoms with E-state index >= 15 is 0 Å². The molecule has 0 radical (unpaired) electrons. The van der Waals surface area contributed by atoms with Gasteiger partial charge in [-0.15, -0.1) is 0 Å². The van der Waals surface area contributed by atoms with Crippen LogP contribution in [0.3, 0.4) is 0 Å². The first-order valence-electron chi connectivity index (χ1n) is 14.3. The molecule has 4 nitrogen and oxygen atoms in total. The third-order valence-corrected chi connectivity index (χ3v) is 11.1. The molecule has 38 heavy (non-hydrogen) atoms. The van der Waals surface area contributed by atoms with Crippen LogP contribution >= 0.6 is 0 Å². The highest BCUT2D eigenvalue weighted by molar-refractivity contribution is 5.91. The Morgan fingerprint density at radius 3 is 2.63 bits per heavy atom. The van der Waals surface area contributed by atoms with Gasteiger partial charge in [0.15, 0.2) is 5.78 Å². The van der Waals surface area contributed by atoms with Gasteiger partial charge in [0.1, 0.15) is 0 Å². The van der Waals surface area contributed by atoms with Gasteiger partial charge in [-0.3, -0.25) is 4.79 Å². The van der Waals surface area contributed by atoms with Gasteiger partial charge in [-0.2, -0.15) is 5.26 Å². The summed E-state index contributed by atoms with van der Waals surface area (Å²) in [5, 5.41) is 30.4. The van der Waals surface area contributed by atoms with E-state index in [9.17, 15) is 20.3 Å². The highest BCUT2D eigenvalue weighted by atomic mass is 16.3. The Balaban J connectivity index is 1.36. The zero-order valence-electron chi connectivity index (χ0n) is 21.8. The maximum absolute atomic E-state index is 12.6. The maximum Gasteiger partial charge on any atom is 0.155 e. The molecule has 4 heteroatoms. The topological polar surface area (TPSA) is 81.3 Å². The number of carbonyl (C=O) groups is 1. The summed E-state index contributed by atoms with van der Waals surface area (Å²) in [4.78, 5) is 12.6. The molecule has 5 aliphatic carbocycles. The van der Waals surface area contributed by atoms with Crippen LogP contribution in [-0.4, -0.2) is 28.2 Å². The fourth-order valence-corrected chi connectivity index (χ4v) is 9.64. The molecule has 7 rings (SSSR count). The van der Waals surface area contributed by atoms with E-state index in [4.69, 9.17) is 0 Å². The third-order valence-electron chi connectivity index (χ3n) is 11.1. The van der Waals surface area contributed by atoms with Crippen LogP contribution in [-0.2, 0) is 11.2 Å². The molecule has 2 aromatic rings. The van der Waals surface area contributed by atoms with Crippen molar-refractivity contribution in [1.82, 2.24) is 0 Å². The number of hydrogen-bond acceptors (Lipinski definition) is 4. The summed E-state index contributed by atoms with van der Waals surface area (Å²) >= 11 is 0. The fraction of sp³-hybridized carbons (Fsp3) is 0.471. The van der Waals surface area contributed by atoms with Crippen LogP contribution in [0.1, 0.15) is 67.6 Å². The molecule has 3 saturated carbocycles. The minimum absolute atomic E-state index is 0.0402. The van der Waals surface area contributed by atoms with Crippen LogP contribution in [0, 0.1) is 40.4 Å². The molecule has 7 atom stereocenters. The molecule has 0 unspecified atom stereocenters. The third kappa shape index (κ3) is 3.45. The second-order valence-corrected chi connectivity index (χ2v) is 12.5. The van der Waals surface area contributed by atoms with Gasteiger partial charge in [0.2, 0.25) is 0 Å². The van der Waals surface area contributed by atoms with Crippen molar-refractivity contribution in [2.45, 2.75) is 62.9 Å². The fourth-order valence-electron chi connectivity index (χ4n) is 9.64. The lowest BCUT2D eigenvalue weighted by Gasteiger charge is -2.62. The van der Waals surface area contributed by atoms with Gasteiger partial charge >= 0.3 is 0 Å². The molecule has 194 valence electrons. The first kappa shape index (κ1) is 24.1. The molecule has 0 bridgehead atoms. The van der Waals surface area contributed by atoms with Gasteiger partial charge in [-0.25, -0.2) is 0 Å². The zero-order chi connectivity index (χ0) is 26.1. The average molecular weight is 506 g/mol. The number of nitriles is 1. The predicted octanol–water partition coefficient (Wildman–Crippen LogP) is 5.88. The van der Waals surface area contributed by atoms with Crippen molar-refractivity contribution in [2.24, 2.45) is 29.1 Å². The second-order valence-electron chi connectivity index (χ2n) is 12.5. The SMILES string of the molecule is N#Cc1ccc(-c2ccc3c(c2)C[C@]24CCC(=O)C=C2CC[C@H]2[C@@H]5CC[C@@](O)(/C=C\CO)[C@H]5C[C@H]3[C@@H]24)cc1. The van der Waals surface area contributed by atoms with Crippen LogP contribution in [0.5, 0.6) is 0 Å². The summed E-state index contributed by atoms with van der Waals surface area (Å²) < 4.78 is 0. The molecule has 0 aromatic heterocycles. The Labute approximate surface area is 224 Å². The first-order chi connectivity index (χ1) is 18.5. The number of carbonyl (C=O) groups excluding carboxylic acids is 1. The van der Waals surface area contributed by atoms with E-state index < -0.39 is 5.60 Å². The molecular formula is C34H35NO3. The van der Waals surface area contributed by atoms with Gasteiger partial charge in [0, 0.05) is 6.42 Å². The molecule has 3 fully saturated rings. The minimum atomic E-state index is -0.843. The standard InChI is InChI=1S/C34H35NO3/c35-20-21-2-4-22(5-3-21)23-6-8-27-24(16-23)19-33-13-10-26(37)17-25(33)7-9-29-28-11-14-34(38,12-1-15-36)31(28)18-30(27)32(29)33/h1-6,8,12,16-17,28-32,36,38H,7,9-11,13-15,18-19H2/b12-1-/t28-,29-,30+,31-,32+,33+,34-/m0/s1. The van der Waals surface area contributed by atoms with Crippen molar-refractivity contribution in [3.8, 4) is 17.2 Å². The lowest BCUT2D eigenvalue weighted by Crippen LogP contribution is -2.56. The van der Waals surface area contributed by atoms with E-state index in [1.807, 2.05) is 36.4 Å². The predicted molar refractivity (Wildman–Crippen MR) is 146 cm³/mol. The highest BCUT2D eigenvalue weighted by Gasteiger charge is 2.63. The van der Waals surface area contributed by atoms with Gasteiger partial charge in [0.05, 0.1) is 23.8 Å². The quantitative estimate of drug-likeness (QED) is 0.511. The molecular weight excluding hydrogens is 470 g/mol. The number of aliphatic hydroxyl groups excluding tert-OH is 1. The monoisotopic (exact) mass is 505 g/mol. The van der Waals surface area contributed by atoms with E-state index in [0.29, 0.717) is 35.7 Å². The van der Waals surface area contributed by atoms with Gasteiger partial charge in [0.25, 0.3) is 0 Å². The summed E-state index contributed by atoms with van der Waals surface area (Å²) in [5.41, 5.74) is 6.37. The number of fused-ring (bicyclic) bond motifs is 4. The van der Waals surface area contributed by atoms with Gasteiger partial charge in [-0.05, 0) is 120 Å². The lowest BCUT2D eigenvalue weighted by molar-refractivity contribution is -0.118. The van der Waals surface area contributed by atoms with Crippen molar-refractivity contribution >= 4 is 5.78 Å². The summed E-state index contributed by atoms with van der Waals surface area (Å²) in [5.74, 6) is 2.44. The van der Waals surface area contributed by atoms with Crippen molar-refractivity contribution in [2.75, 3.05) is 6.61 Å². The van der Waals surface area contributed by atoms with Crippen molar-refractivity contribution in [3.63, 3.8) is 0 Å². The lowest BCUT2D eigenvalue weighted by atomic mass is 9.42. The first-order valence-corrected chi connectivity index (χ1v) is 14.3. The van der Waals surface area contributed by atoms with Crippen molar-refractivity contribution in [3.05, 3.63) is 83.0 Å². The van der Waals surface area contributed by atoms with Crippen molar-refractivity contribution < 1.29 is 15.0 Å². The molecule has 5 aliphatic rings. The summed E-state index contributed by atoms with van der Waals surface area (Å²) in [6.45, 7) is -0.0402. The van der Waals surface area contributed by atoms with Crippen LogP contribution in [0.25, 0.3) is 11.1 Å². The Morgan fingerprint density at radius 1 is 1.03 bits per heavy atom. The Kier molecular flexibility index (Phi) is 5.55. The average Bonchev–Trinajstić information content (AvgIpc) is 3.28. The Bertz CT molecular complexity index is 1400.